The number of hydrogen-bond donors (Lipinski definition) is 1. The molecule has 1 aliphatic rings. The molecule has 2 heterocycles. The third kappa shape index (κ3) is 4.15. The van der Waals surface area contributed by atoms with Crippen LogP contribution in [0.3, 0.4) is 0 Å². The van der Waals surface area contributed by atoms with Crippen LogP contribution in [0.5, 0.6) is 0 Å². The van der Waals surface area contributed by atoms with Crippen LogP contribution >= 0.6 is 12.4 Å². The van der Waals surface area contributed by atoms with Gasteiger partial charge in [0.2, 0.25) is 5.89 Å². The number of benzene rings is 1. The molecule has 132 valence electrons. The Kier molecular flexibility index (Phi) is 6.01. The molecule has 1 saturated heterocycles. The maximum Gasteiger partial charge on any atom is 0.243 e. The van der Waals surface area contributed by atoms with E-state index in [1.165, 1.54) is 5.56 Å². The summed E-state index contributed by atoms with van der Waals surface area (Å²) in [6.45, 7) is 8.51. The Hall–Kier alpha value is -1.43. The van der Waals surface area contributed by atoms with Gasteiger partial charge >= 0.3 is 0 Å². The van der Waals surface area contributed by atoms with E-state index in [0.717, 1.165) is 25.3 Å². The van der Waals surface area contributed by atoms with Crippen molar-refractivity contribution in [2.45, 2.75) is 45.7 Å². The highest BCUT2D eigenvalue weighted by Gasteiger charge is 2.36. The van der Waals surface area contributed by atoms with Gasteiger partial charge in [0, 0.05) is 25.6 Å². The number of likely N-dealkylation sites (tertiary alicyclic amines) is 1. The van der Waals surface area contributed by atoms with Gasteiger partial charge in [-0.2, -0.15) is 4.98 Å². The number of piperidine rings is 1. The molecule has 5 nitrogen and oxygen atoms in total. The van der Waals surface area contributed by atoms with Crippen molar-refractivity contribution < 1.29 is 4.52 Å². The van der Waals surface area contributed by atoms with Gasteiger partial charge in [0.25, 0.3) is 0 Å². The Morgan fingerprint density at radius 2 is 2.04 bits per heavy atom. The normalized spacial score (nSPS) is 21.9. The summed E-state index contributed by atoms with van der Waals surface area (Å²) in [5.41, 5.74) is 7.53. The molecule has 2 atom stereocenters. The van der Waals surface area contributed by atoms with E-state index in [1.54, 1.807) is 0 Å². The zero-order valence-corrected chi connectivity index (χ0v) is 15.4. The summed E-state index contributed by atoms with van der Waals surface area (Å²) < 4.78 is 5.51. The van der Waals surface area contributed by atoms with E-state index in [9.17, 15) is 0 Å². The van der Waals surface area contributed by atoms with Crippen LogP contribution in [0.4, 0.5) is 0 Å². The van der Waals surface area contributed by atoms with Crippen LogP contribution < -0.4 is 5.73 Å². The van der Waals surface area contributed by atoms with Crippen molar-refractivity contribution in [2.24, 2.45) is 11.1 Å². The van der Waals surface area contributed by atoms with Gasteiger partial charge in [-0.15, -0.1) is 12.4 Å². The lowest BCUT2D eigenvalue weighted by Crippen LogP contribution is -2.52. The van der Waals surface area contributed by atoms with Gasteiger partial charge < -0.3 is 10.3 Å². The largest absolute Gasteiger partial charge is 0.338 e. The number of nitrogens with zero attached hydrogens (tertiary/aromatic N) is 3. The summed E-state index contributed by atoms with van der Waals surface area (Å²) in [6.07, 6.45) is 1.70. The summed E-state index contributed by atoms with van der Waals surface area (Å²) >= 11 is 0. The Bertz CT molecular complexity index is 643. The van der Waals surface area contributed by atoms with Gasteiger partial charge in [0.15, 0.2) is 5.82 Å². The fourth-order valence-corrected chi connectivity index (χ4v) is 3.19. The topological polar surface area (TPSA) is 68.2 Å². The molecular formula is C18H27ClN4O. The second kappa shape index (κ2) is 7.64. The van der Waals surface area contributed by atoms with Gasteiger partial charge in [0.05, 0.1) is 6.04 Å². The van der Waals surface area contributed by atoms with Crippen molar-refractivity contribution in [3.63, 3.8) is 0 Å². The molecule has 24 heavy (non-hydrogen) atoms. The van der Waals surface area contributed by atoms with E-state index in [1.807, 2.05) is 18.2 Å². The number of rotatable bonds is 4. The molecule has 0 radical (unpaired) electrons. The molecule has 0 spiro atoms. The quantitative estimate of drug-likeness (QED) is 0.917. The van der Waals surface area contributed by atoms with Crippen LogP contribution in [0.1, 0.15) is 50.5 Å². The molecule has 2 N–H and O–H groups in total. The first-order valence-electron chi connectivity index (χ1n) is 8.32. The Morgan fingerprint density at radius 1 is 1.33 bits per heavy atom. The summed E-state index contributed by atoms with van der Waals surface area (Å²) in [5, 5.41) is 4.14. The Labute approximate surface area is 150 Å². The van der Waals surface area contributed by atoms with Crippen LogP contribution in [0.15, 0.2) is 34.9 Å². The first kappa shape index (κ1) is 18.9. The van der Waals surface area contributed by atoms with E-state index < -0.39 is 0 Å². The third-order valence-electron chi connectivity index (χ3n) is 4.94. The van der Waals surface area contributed by atoms with E-state index >= 15 is 0 Å². The molecule has 0 saturated carbocycles. The number of halogens is 1. The summed E-state index contributed by atoms with van der Waals surface area (Å²) in [7, 11) is 0. The van der Waals surface area contributed by atoms with Crippen LogP contribution in [0.2, 0.25) is 0 Å². The fourth-order valence-electron chi connectivity index (χ4n) is 3.19. The highest BCUT2D eigenvalue weighted by Crippen LogP contribution is 2.32. The minimum absolute atomic E-state index is 0. The maximum absolute atomic E-state index is 6.23. The first-order chi connectivity index (χ1) is 11.0. The lowest BCUT2D eigenvalue weighted by molar-refractivity contribution is 0.0549. The fraction of sp³-hybridized carbons (Fsp3) is 0.556. The smallest absolute Gasteiger partial charge is 0.243 e. The van der Waals surface area contributed by atoms with Crippen molar-refractivity contribution in [2.75, 3.05) is 13.1 Å². The van der Waals surface area contributed by atoms with E-state index in [4.69, 9.17) is 10.3 Å². The lowest BCUT2D eigenvalue weighted by Gasteiger charge is -2.44. The van der Waals surface area contributed by atoms with Crippen LogP contribution in [-0.4, -0.2) is 34.2 Å². The number of aromatic nitrogens is 2. The van der Waals surface area contributed by atoms with Crippen molar-refractivity contribution >= 4 is 12.4 Å². The second-order valence-electron chi connectivity index (χ2n) is 7.24. The maximum atomic E-state index is 6.23. The van der Waals surface area contributed by atoms with Crippen molar-refractivity contribution in [1.82, 2.24) is 15.0 Å². The molecule has 0 aliphatic carbocycles. The summed E-state index contributed by atoms with van der Waals surface area (Å²) in [4.78, 5) is 6.99. The molecule has 1 aliphatic heterocycles. The zero-order valence-electron chi connectivity index (χ0n) is 14.6. The summed E-state index contributed by atoms with van der Waals surface area (Å²) in [6, 6.07) is 10.6. The van der Waals surface area contributed by atoms with Crippen LogP contribution in [-0.2, 0) is 6.42 Å². The first-order valence-corrected chi connectivity index (χ1v) is 8.32. The molecule has 1 aromatic carbocycles. The average molecular weight is 351 g/mol. The van der Waals surface area contributed by atoms with Gasteiger partial charge in [-0.25, -0.2) is 0 Å². The van der Waals surface area contributed by atoms with Gasteiger partial charge in [-0.1, -0.05) is 49.3 Å². The molecule has 6 heteroatoms. The summed E-state index contributed by atoms with van der Waals surface area (Å²) in [5.74, 6) is 1.44. The minimum atomic E-state index is 0. The number of nitrogens with two attached hydrogens (primary N) is 1. The predicted molar refractivity (Wildman–Crippen MR) is 97.2 cm³/mol. The van der Waals surface area contributed by atoms with Gasteiger partial charge in [-0.05, 0) is 24.3 Å². The van der Waals surface area contributed by atoms with E-state index in [2.05, 4.69) is 47.9 Å². The van der Waals surface area contributed by atoms with Crippen molar-refractivity contribution in [1.29, 1.82) is 0 Å². The molecule has 0 amide bonds. The lowest BCUT2D eigenvalue weighted by atomic mass is 9.79. The predicted octanol–water partition coefficient (Wildman–Crippen LogP) is 3.20. The average Bonchev–Trinajstić information content (AvgIpc) is 2.98. The SMILES string of the molecule is CC(c1nc(Cc2ccccc2)no1)N1CCC(N)C(C)(C)C1.Cl. The standard InChI is InChI=1S/C18H26N4O.ClH/c1-13(22-10-9-15(19)18(2,3)12-22)17-20-16(21-23-17)11-14-7-5-4-6-8-14;/h4-8,13,15H,9-12,19H2,1-3H3;1H. The van der Waals surface area contributed by atoms with Crippen molar-refractivity contribution in [3.05, 3.63) is 47.6 Å². The van der Waals surface area contributed by atoms with Crippen LogP contribution in [0, 0.1) is 5.41 Å². The Balaban J connectivity index is 0.00000208. The molecule has 1 fully saturated rings. The third-order valence-corrected chi connectivity index (χ3v) is 4.94. The molecule has 3 rings (SSSR count). The highest BCUT2D eigenvalue weighted by atomic mass is 35.5. The second-order valence-corrected chi connectivity index (χ2v) is 7.24. The van der Waals surface area contributed by atoms with Gasteiger partial charge in [-0.3, -0.25) is 4.90 Å². The van der Waals surface area contributed by atoms with E-state index in [-0.39, 0.29) is 29.9 Å². The van der Waals surface area contributed by atoms with Crippen LogP contribution in [0.25, 0.3) is 0 Å². The molecule has 2 unspecified atom stereocenters. The molecule has 2 aromatic rings. The highest BCUT2D eigenvalue weighted by molar-refractivity contribution is 5.85. The minimum Gasteiger partial charge on any atom is -0.338 e. The number of hydrogen-bond acceptors (Lipinski definition) is 5. The Morgan fingerprint density at radius 3 is 2.71 bits per heavy atom. The zero-order chi connectivity index (χ0) is 16.4. The van der Waals surface area contributed by atoms with Crippen molar-refractivity contribution in [3.8, 4) is 0 Å². The molecular weight excluding hydrogens is 324 g/mol. The van der Waals surface area contributed by atoms with Gasteiger partial charge in [0.1, 0.15) is 0 Å². The van der Waals surface area contributed by atoms with E-state index in [0.29, 0.717) is 12.3 Å². The molecule has 0 bridgehead atoms. The molecule has 1 aromatic heterocycles. The monoisotopic (exact) mass is 350 g/mol.